The molecule has 1 aromatic carbocycles. The van der Waals surface area contributed by atoms with Gasteiger partial charge in [-0.1, -0.05) is 18.7 Å². The highest BCUT2D eigenvalue weighted by Gasteiger charge is 2.10. The summed E-state index contributed by atoms with van der Waals surface area (Å²) < 4.78 is 10.5. The molecular formula is C19H20N2O3S. The average Bonchev–Trinajstić information content (AvgIpc) is 3.16. The van der Waals surface area contributed by atoms with Crippen molar-refractivity contribution in [1.82, 2.24) is 10.3 Å². The number of ether oxygens (including phenoxy) is 1. The molecule has 25 heavy (non-hydrogen) atoms. The summed E-state index contributed by atoms with van der Waals surface area (Å²) in [4.78, 5) is 16.8. The van der Waals surface area contributed by atoms with Gasteiger partial charge >= 0.3 is 0 Å². The number of carbonyl (C=O) groups is 1. The summed E-state index contributed by atoms with van der Waals surface area (Å²) in [5, 5.41) is 4.81. The van der Waals surface area contributed by atoms with Gasteiger partial charge in [0.1, 0.15) is 16.5 Å². The minimum absolute atomic E-state index is 0.0454. The quantitative estimate of drug-likeness (QED) is 0.652. The lowest BCUT2D eigenvalue weighted by atomic mass is 10.1. The summed E-state index contributed by atoms with van der Waals surface area (Å²) in [7, 11) is 1.64. The molecule has 1 N–H and O–H groups in total. The van der Waals surface area contributed by atoms with E-state index < -0.39 is 0 Å². The number of amides is 1. The molecule has 3 rings (SSSR count). The van der Waals surface area contributed by atoms with E-state index in [0.29, 0.717) is 12.3 Å². The Kier molecular flexibility index (Phi) is 5.60. The number of rotatable bonds is 7. The first-order valence-corrected chi connectivity index (χ1v) is 9.07. The van der Waals surface area contributed by atoms with E-state index in [9.17, 15) is 4.79 Å². The molecule has 6 heteroatoms. The fourth-order valence-electron chi connectivity index (χ4n) is 2.46. The van der Waals surface area contributed by atoms with Crippen LogP contribution in [-0.4, -0.2) is 23.8 Å². The lowest BCUT2D eigenvalue weighted by molar-refractivity contribution is -0.118. The summed E-state index contributed by atoms with van der Waals surface area (Å²) in [6.07, 6.45) is 2.46. The van der Waals surface area contributed by atoms with Gasteiger partial charge in [0.2, 0.25) is 5.91 Å². The SMILES string of the molecule is CCc1cc2ccc(OC)cc2nc1SCC(=O)NCc1ccco1. The van der Waals surface area contributed by atoms with E-state index in [-0.39, 0.29) is 5.91 Å². The van der Waals surface area contributed by atoms with Crippen LogP contribution in [0, 0.1) is 0 Å². The maximum Gasteiger partial charge on any atom is 0.230 e. The highest BCUT2D eigenvalue weighted by Crippen LogP contribution is 2.27. The second kappa shape index (κ2) is 8.07. The molecule has 0 saturated carbocycles. The molecular weight excluding hydrogens is 336 g/mol. The molecule has 2 heterocycles. The normalized spacial score (nSPS) is 10.8. The zero-order valence-electron chi connectivity index (χ0n) is 14.2. The van der Waals surface area contributed by atoms with Crippen LogP contribution in [0.4, 0.5) is 0 Å². The predicted octanol–water partition coefficient (Wildman–Crippen LogP) is 3.81. The Balaban J connectivity index is 1.69. The Bertz CT molecular complexity index is 862. The number of hydrogen-bond donors (Lipinski definition) is 1. The largest absolute Gasteiger partial charge is 0.497 e. The van der Waals surface area contributed by atoms with Gasteiger partial charge in [-0.15, -0.1) is 0 Å². The van der Waals surface area contributed by atoms with Crippen LogP contribution in [0.25, 0.3) is 10.9 Å². The van der Waals surface area contributed by atoms with Crippen molar-refractivity contribution in [3.8, 4) is 5.75 Å². The van der Waals surface area contributed by atoms with Gasteiger partial charge < -0.3 is 14.5 Å². The summed E-state index contributed by atoms with van der Waals surface area (Å²) in [5.41, 5.74) is 2.01. The van der Waals surface area contributed by atoms with Crippen LogP contribution in [0.15, 0.2) is 52.1 Å². The number of thioether (sulfide) groups is 1. The average molecular weight is 356 g/mol. The highest BCUT2D eigenvalue weighted by atomic mass is 32.2. The van der Waals surface area contributed by atoms with Gasteiger partial charge in [0, 0.05) is 11.5 Å². The van der Waals surface area contributed by atoms with Crippen molar-refractivity contribution in [3.05, 3.63) is 54.0 Å². The number of fused-ring (bicyclic) bond motifs is 1. The third kappa shape index (κ3) is 4.33. The summed E-state index contributed by atoms with van der Waals surface area (Å²) in [5.74, 6) is 1.78. The monoisotopic (exact) mass is 356 g/mol. The van der Waals surface area contributed by atoms with Crippen LogP contribution >= 0.6 is 11.8 Å². The Hall–Kier alpha value is -2.47. The molecule has 0 aliphatic rings. The van der Waals surface area contributed by atoms with Gasteiger partial charge in [0.15, 0.2) is 0 Å². The van der Waals surface area contributed by atoms with Crippen molar-refractivity contribution < 1.29 is 13.9 Å². The Morgan fingerprint density at radius 3 is 2.92 bits per heavy atom. The van der Waals surface area contributed by atoms with Crippen molar-refractivity contribution >= 4 is 28.6 Å². The molecule has 0 saturated heterocycles. The number of benzene rings is 1. The molecule has 130 valence electrons. The zero-order chi connectivity index (χ0) is 17.6. The fraction of sp³-hybridized carbons (Fsp3) is 0.263. The molecule has 0 radical (unpaired) electrons. The number of carbonyl (C=O) groups excluding carboxylic acids is 1. The Morgan fingerprint density at radius 2 is 2.20 bits per heavy atom. The minimum Gasteiger partial charge on any atom is -0.497 e. The second-order valence-electron chi connectivity index (χ2n) is 5.51. The van der Waals surface area contributed by atoms with Gasteiger partial charge in [0.05, 0.1) is 31.2 Å². The number of furan rings is 1. The Morgan fingerprint density at radius 1 is 1.32 bits per heavy atom. The van der Waals surface area contributed by atoms with Crippen LogP contribution in [-0.2, 0) is 17.8 Å². The van der Waals surface area contributed by atoms with Gasteiger partial charge in [-0.3, -0.25) is 4.79 Å². The maximum atomic E-state index is 12.1. The van der Waals surface area contributed by atoms with E-state index in [0.717, 1.165) is 39.4 Å². The second-order valence-corrected chi connectivity index (χ2v) is 6.47. The first-order valence-electron chi connectivity index (χ1n) is 8.09. The lowest BCUT2D eigenvalue weighted by Crippen LogP contribution is -2.24. The smallest absolute Gasteiger partial charge is 0.230 e. The first-order chi connectivity index (χ1) is 12.2. The van der Waals surface area contributed by atoms with Crippen molar-refractivity contribution in [2.24, 2.45) is 0 Å². The summed E-state index contributed by atoms with van der Waals surface area (Å²) in [6, 6.07) is 11.6. The van der Waals surface area contributed by atoms with E-state index in [1.807, 2.05) is 24.3 Å². The van der Waals surface area contributed by atoms with E-state index in [1.54, 1.807) is 19.4 Å². The maximum absolute atomic E-state index is 12.1. The van der Waals surface area contributed by atoms with Crippen molar-refractivity contribution in [3.63, 3.8) is 0 Å². The van der Waals surface area contributed by atoms with Crippen LogP contribution in [0.3, 0.4) is 0 Å². The number of aryl methyl sites for hydroxylation is 1. The number of nitrogens with one attached hydrogen (secondary N) is 1. The molecule has 0 aliphatic carbocycles. The molecule has 0 atom stereocenters. The third-order valence-electron chi connectivity index (χ3n) is 3.82. The van der Waals surface area contributed by atoms with Gasteiger partial charge in [0.25, 0.3) is 0 Å². The highest BCUT2D eigenvalue weighted by molar-refractivity contribution is 7.99. The topological polar surface area (TPSA) is 64.4 Å². The van der Waals surface area contributed by atoms with Crippen molar-refractivity contribution in [2.75, 3.05) is 12.9 Å². The third-order valence-corrected chi connectivity index (χ3v) is 4.86. The standard InChI is InChI=1S/C19H20N2O3S/c1-3-13-9-14-6-7-15(23-2)10-17(14)21-19(13)25-12-18(22)20-11-16-5-4-8-24-16/h4-10H,3,11-12H2,1-2H3,(H,20,22). The Labute approximate surface area is 150 Å². The fourth-order valence-corrected chi connectivity index (χ4v) is 3.38. The van der Waals surface area contributed by atoms with Crippen LogP contribution in [0.5, 0.6) is 5.75 Å². The minimum atomic E-state index is -0.0454. The zero-order valence-corrected chi connectivity index (χ0v) is 15.1. The molecule has 0 fully saturated rings. The molecule has 0 unspecified atom stereocenters. The molecule has 0 spiro atoms. The van der Waals surface area contributed by atoms with E-state index in [1.165, 1.54) is 11.8 Å². The number of hydrogen-bond acceptors (Lipinski definition) is 5. The molecule has 5 nitrogen and oxygen atoms in total. The van der Waals surface area contributed by atoms with Gasteiger partial charge in [-0.25, -0.2) is 4.98 Å². The van der Waals surface area contributed by atoms with Crippen LogP contribution in [0.2, 0.25) is 0 Å². The predicted molar refractivity (Wildman–Crippen MR) is 99.0 cm³/mol. The summed E-state index contributed by atoms with van der Waals surface area (Å²) in [6.45, 7) is 2.49. The number of methoxy groups -OCH3 is 1. The van der Waals surface area contributed by atoms with Crippen LogP contribution in [0.1, 0.15) is 18.2 Å². The molecule has 0 bridgehead atoms. The van der Waals surface area contributed by atoms with Gasteiger partial charge in [-0.05, 0) is 42.3 Å². The molecule has 2 aromatic heterocycles. The first kappa shape index (κ1) is 17.4. The van der Waals surface area contributed by atoms with Gasteiger partial charge in [-0.2, -0.15) is 0 Å². The number of aromatic nitrogens is 1. The van der Waals surface area contributed by atoms with E-state index in [4.69, 9.17) is 14.1 Å². The lowest BCUT2D eigenvalue weighted by Gasteiger charge is -2.10. The number of pyridine rings is 1. The molecule has 0 aliphatic heterocycles. The van der Waals surface area contributed by atoms with E-state index in [2.05, 4.69) is 18.3 Å². The number of nitrogens with zero attached hydrogens (tertiary/aromatic N) is 1. The summed E-state index contributed by atoms with van der Waals surface area (Å²) >= 11 is 1.45. The van der Waals surface area contributed by atoms with Crippen molar-refractivity contribution in [2.45, 2.75) is 24.9 Å². The van der Waals surface area contributed by atoms with Crippen LogP contribution < -0.4 is 10.1 Å². The molecule has 3 aromatic rings. The van der Waals surface area contributed by atoms with Crippen molar-refractivity contribution in [1.29, 1.82) is 0 Å². The van der Waals surface area contributed by atoms with E-state index >= 15 is 0 Å². The molecule has 1 amide bonds.